The van der Waals surface area contributed by atoms with Crippen molar-refractivity contribution in [2.24, 2.45) is 0 Å². The van der Waals surface area contributed by atoms with Gasteiger partial charge in [-0.05, 0) is 30.3 Å². The Bertz CT molecular complexity index is 585. The van der Waals surface area contributed by atoms with Crippen molar-refractivity contribution in [3.63, 3.8) is 0 Å². The van der Waals surface area contributed by atoms with E-state index in [4.69, 9.17) is 0 Å². The third-order valence-electron chi connectivity index (χ3n) is 2.66. The first-order chi connectivity index (χ1) is 8.91. The predicted molar refractivity (Wildman–Crippen MR) is 63.2 cm³/mol. The monoisotopic (exact) mass is 268 g/mol. The Kier molecular flexibility index (Phi) is 3.42. The lowest BCUT2D eigenvalue weighted by molar-refractivity contribution is -0.137. The minimum Gasteiger partial charge on any atom is -0.292 e. The van der Waals surface area contributed by atoms with Gasteiger partial charge in [-0.25, -0.2) is 4.68 Å². The summed E-state index contributed by atoms with van der Waals surface area (Å²) in [4.78, 5) is 11.4. The third kappa shape index (κ3) is 2.83. The number of benzene rings is 1. The van der Waals surface area contributed by atoms with E-state index in [1.165, 1.54) is 16.8 Å². The van der Waals surface area contributed by atoms with Gasteiger partial charge in [0, 0.05) is 12.6 Å². The van der Waals surface area contributed by atoms with Crippen LogP contribution in [0.1, 0.15) is 29.4 Å². The van der Waals surface area contributed by atoms with Crippen LogP contribution in [0.4, 0.5) is 13.2 Å². The second-order valence-corrected chi connectivity index (χ2v) is 3.97. The number of aromatic nitrogens is 2. The molecule has 0 spiro atoms. The summed E-state index contributed by atoms with van der Waals surface area (Å²) in [5.74, 6) is -0.106. The highest BCUT2D eigenvalue weighted by molar-refractivity contribution is 5.93. The number of carbonyl (C=O) groups is 1. The number of ketones is 1. The van der Waals surface area contributed by atoms with Crippen molar-refractivity contribution in [3.8, 4) is 5.69 Å². The number of Topliss-reactive ketones (excluding diaryl/α,β-unsaturated/α-hetero) is 1. The molecule has 1 aromatic heterocycles. The van der Waals surface area contributed by atoms with Gasteiger partial charge in [0.1, 0.15) is 5.69 Å². The fourth-order valence-corrected chi connectivity index (χ4v) is 1.60. The first kappa shape index (κ1) is 13.3. The minimum absolute atomic E-state index is 0.106. The quantitative estimate of drug-likeness (QED) is 0.799. The summed E-state index contributed by atoms with van der Waals surface area (Å²) in [6.07, 6.45) is -2.47. The van der Waals surface area contributed by atoms with Crippen molar-refractivity contribution in [1.29, 1.82) is 0 Å². The Hall–Kier alpha value is -2.11. The maximum absolute atomic E-state index is 12.4. The second kappa shape index (κ2) is 4.87. The molecule has 0 aliphatic carbocycles. The molecule has 0 aliphatic rings. The highest BCUT2D eigenvalue weighted by atomic mass is 19.4. The van der Waals surface area contributed by atoms with Crippen LogP contribution in [-0.2, 0) is 6.18 Å². The van der Waals surface area contributed by atoms with E-state index in [0.717, 1.165) is 12.1 Å². The van der Waals surface area contributed by atoms with Gasteiger partial charge in [0.05, 0.1) is 11.3 Å². The third-order valence-corrected chi connectivity index (χ3v) is 2.66. The molecule has 0 fully saturated rings. The fraction of sp³-hybridized carbons (Fsp3) is 0.231. The van der Waals surface area contributed by atoms with E-state index in [9.17, 15) is 18.0 Å². The number of carbonyl (C=O) groups excluding carboxylic acids is 1. The molecule has 0 N–H and O–H groups in total. The molecule has 0 bridgehead atoms. The molecule has 0 aliphatic heterocycles. The molecule has 0 saturated carbocycles. The average molecular weight is 268 g/mol. The lowest BCUT2D eigenvalue weighted by Crippen LogP contribution is -2.05. The van der Waals surface area contributed by atoms with Crippen molar-refractivity contribution in [3.05, 3.63) is 47.8 Å². The molecule has 6 heteroatoms. The standard InChI is InChI=1S/C13H11F3N2O/c1-2-12(19)11-7-8-18(17-11)10-5-3-9(4-6-10)13(14,15)16/h3-8H,2H2,1H3. The zero-order chi connectivity index (χ0) is 14.0. The van der Waals surface area contributed by atoms with Crippen LogP contribution in [-0.4, -0.2) is 15.6 Å². The van der Waals surface area contributed by atoms with Gasteiger partial charge in [0.15, 0.2) is 5.78 Å². The summed E-state index contributed by atoms with van der Waals surface area (Å²) in [5.41, 5.74) is 0.0683. The van der Waals surface area contributed by atoms with Crippen LogP contribution in [0.25, 0.3) is 5.69 Å². The Labute approximate surface area is 107 Å². The van der Waals surface area contributed by atoms with Crippen LogP contribution in [0.3, 0.4) is 0 Å². The van der Waals surface area contributed by atoms with E-state index in [1.54, 1.807) is 19.2 Å². The molecule has 0 atom stereocenters. The summed E-state index contributed by atoms with van der Waals surface area (Å²) >= 11 is 0. The molecule has 2 rings (SSSR count). The normalized spacial score (nSPS) is 11.6. The smallest absolute Gasteiger partial charge is 0.292 e. The van der Waals surface area contributed by atoms with Crippen molar-refractivity contribution < 1.29 is 18.0 Å². The summed E-state index contributed by atoms with van der Waals surface area (Å²) in [7, 11) is 0. The van der Waals surface area contributed by atoms with E-state index >= 15 is 0 Å². The molecule has 3 nitrogen and oxygen atoms in total. The lowest BCUT2D eigenvalue weighted by Gasteiger charge is -2.07. The Morgan fingerprint density at radius 1 is 1.21 bits per heavy atom. The molecule has 100 valence electrons. The zero-order valence-electron chi connectivity index (χ0n) is 10.1. The van der Waals surface area contributed by atoms with Crippen LogP contribution in [0.5, 0.6) is 0 Å². The molecular formula is C13H11F3N2O. The Balaban J connectivity index is 2.28. The first-order valence-electron chi connectivity index (χ1n) is 5.68. The van der Waals surface area contributed by atoms with Gasteiger partial charge in [-0.1, -0.05) is 6.92 Å². The van der Waals surface area contributed by atoms with E-state index in [-0.39, 0.29) is 5.78 Å². The molecule has 0 amide bonds. The number of nitrogens with zero attached hydrogens (tertiary/aromatic N) is 2. The summed E-state index contributed by atoms with van der Waals surface area (Å²) in [6.45, 7) is 1.72. The highest BCUT2D eigenvalue weighted by Crippen LogP contribution is 2.29. The molecular weight excluding hydrogens is 257 g/mol. The summed E-state index contributed by atoms with van der Waals surface area (Å²) in [6, 6.07) is 6.15. The van der Waals surface area contributed by atoms with Crippen molar-refractivity contribution in [2.45, 2.75) is 19.5 Å². The maximum Gasteiger partial charge on any atom is 0.416 e. The number of hydrogen-bond donors (Lipinski definition) is 0. The van der Waals surface area contributed by atoms with E-state index in [2.05, 4.69) is 5.10 Å². The average Bonchev–Trinajstić information content (AvgIpc) is 2.86. The molecule has 0 radical (unpaired) electrons. The zero-order valence-corrected chi connectivity index (χ0v) is 10.1. The van der Waals surface area contributed by atoms with Crippen LogP contribution >= 0.6 is 0 Å². The lowest BCUT2D eigenvalue weighted by atomic mass is 10.2. The number of halogens is 3. The highest BCUT2D eigenvalue weighted by Gasteiger charge is 2.30. The number of rotatable bonds is 3. The Morgan fingerprint density at radius 2 is 1.84 bits per heavy atom. The van der Waals surface area contributed by atoms with Crippen LogP contribution in [0, 0.1) is 0 Å². The van der Waals surface area contributed by atoms with E-state index in [1.807, 2.05) is 0 Å². The SMILES string of the molecule is CCC(=O)c1ccn(-c2ccc(C(F)(F)F)cc2)n1. The van der Waals surface area contributed by atoms with Crippen molar-refractivity contribution in [2.75, 3.05) is 0 Å². The van der Waals surface area contributed by atoms with Crippen LogP contribution in [0.15, 0.2) is 36.5 Å². The van der Waals surface area contributed by atoms with Gasteiger partial charge >= 0.3 is 6.18 Å². The predicted octanol–water partition coefficient (Wildman–Crippen LogP) is 3.48. The topological polar surface area (TPSA) is 34.9 Å². The molecule has 0 unspecified atom stereocenters. The van der Waals surface area contributed by atoms with Gasteiger partial charge in [-0.15, -0.1) is 0 Å². The molecule has 2 aromatic rings. The summed E-state index contributed by atoms with van der Waals surface area (Å²) in [5, 5.41) is 4.03. The number of hydrogen-bond acceptors (Lipinski definition) is 2. The molecule has 19 heavy (non-hydrogen) atoms. The van der Waals surface area contributed by atoms with Gasteiger partial charge < -0.3 is 0 Å². The van der Waals surface area contributed by atoms with Crippen molar-refractivity contribution >= 4 is 5.78 Å². The molecule has 1 heterocycles. The van der Waals surface area contributed by atoms with Gasteiger partial charge in [0.25, 0.3) is 0 Å². The molecule has 0 saturated heterocycles. The second-order valence-electron chi connectivity index (χ2n) is 3.97. The number of alkyl halides is 3. The van der Waals surface area contributed by atoms with Crippen LogP contribution in [0.2, 0.25) is 0 Å². The van der Waals surface area contributed by atoms with Gasteiger partial charge in [-0.2, -0.15) is 18.3 Å². The van der Waals surface area contributed by atoms with Gasteiger partial charge in [0.2, 0.25) is 0 Å². The van der Waals surface area contributed by atoms with Gasteiger partial charge in [-0.3, -0.25) is 4.79 Å². The molecule has 1 aromatic carbocycles. The van der Waals surface area contributed by atoms with E-state index < -0.39 is 11.7 Å². The Morgan fingerprint density at radius 3 is 2.37 bits per heavy atom. The fourth-order valence-electron chi connectivity index (χ4n) is 1.60. The van der Waals surface area contributed by atoms with Crippen molar-refractivity contribution in [1.82, 2.24) is 9.78 Å². The van der Waals surface area contributed by atoms with Crippen LogP contribution < -0.4 is 0 Å². The summed E-state index contributed by atoms with van der Waals surface area (Å²) < 4.78 is 38.6. The largest absolute Gasteiger partial charge is 0.416 e. The van der Waals surface area contributed by atoms with E-state index in [0.29, 0.717) is 17.8 Å². The minimum atomic E-state index is -4.36. The first-order valence-corrected chi connectivity index (χ1v) is 5.68. The maximum atomic E-state index is 12.4.